The second-order valence-corrected chi connectivity index (χ2v) is 5.58. The monoisotopic (exact) mass is 312 g/mol. The summed E-state index contributed by atoms with van der Waals surface area (Å²) in [5.74, 6) is 0.446. The third-order valence-corrected chi connectivity index (χ3v) is 3.99. The molecule has 0 spiro atoms. The van der Waals surface area contributed by atoms with E-state index < -0.39 is 5.97 Å². The zero-order chi connectivity index (χ0) is 13.1. The molecular formula is C13H17BrN2O2. The van der Waals surface area contributed by atoms with Crippen molar-refractivity contribution < 1.29 is 9.90 Å². The highest BCUT2D eigenvalue weighted by Crippen LogP contribution is 2.27. The van der Waals surface area contributed by atoms with Gasteiger partial charge in [0.25, 0.3) is 0 Å². The summed E-state index contributed by atoms with van der Waals surface area (Å²) in [7, 11) is 0. The van der Waals surface area contributed by atoms with E-state index in [2.05, 4.69) is 32.7 Å². The Hall–Kier alpha value is -1.10. The molecule has 1 aliphatic rings. The molecule has 0 amide bonds. The van der Waals surface area contributed by atoms with Crippen molar-refractivity contribution >= 4 is 27.7 Å². The highest BCUT2D eigenvalue weighted by atomic mass is 79.9. The number of rotatable bonds is 3. The van der Waals surface area contributed by atoms with Crippen molar-refractivity contribution in [2.24, 2.45) is 5.92 Å². The lowest BCUT2D eigenvalue weighted by atomic mass is 9.94. The molecule has 0 atom stereocenters. The Labute approximate surface area is 115 Å². The third-order valence-electron chi connectivity index (χ3n) is 3.56. The maximum atomic E-state index is 11.2. The lowest BCUT2D eigenvalue weighted by Crippen LogP contribution is -2.35. The summed E-state index contributed by atoms with van der Waals surface area (Å²) in [5.41, 5.74) is 0.277. The van der Waals surface area contributed by atoms with Gasteiger partial charge in [0.15, 0.2) is 0 Å². The molecule has 1 fully saturated rings. The summed E-state index contributed by atoms with van der Waals surface area (Å²) in [6.45, 7) is 4.00. The molecule has 0 saturated carbocycles. The molecule has 98 valence electrons. The van der Waals surface area contributed by atoms with Gasteiger partial charge < -0.3 is 10.0 Å². The smallest absolute Gasteiger partial charge is 0.339 e. The van der Waals surface area contributed by atoms with Gasteiger partial charge in [-0.25, -0.2) is 9.78 Å². The van der Waals surface area contributed by atoms with Crippen LogP contribution in [0.5, 0.6) is 0 Å². The third kappa shape index (κ3) is 2.83. The topological polar surface area (TPSA) is 53.4 Å². The van der Waals surface area contributed by atoms with Crippen LogP contribution in [0.4, 0.5) is 5.82 Å². The molecule has 0 radical (unpaired) electrons. The first-order valence-electron chi connectivity index (χ1n) is 6.25. The number of hydrogen-bond donors (Lipinski definition) is 1. The minimum absolute atomic E-state index is 0.277. The molecule has 0 aromatic carbocycles. The predicted octanol–water partition coefficient (Wildman–Crippen LogP) is 3.17. The quantitative estimate of drug-likeness (QED) is 0.931. The van der Waals surface area contributed by atoms with Crippen LogP contribution < -0.4 is 4.90 Å². The Morgan fingerprint density at radius 2 is 2.22 bits per heavy atom. The van der Waals surface area contributed by atoms with Crippen LogP contribution in [-0.4, -0.2) is 29.1 Å². The molecule has 0 unspecified atom stereocenters. The maximum Gasteiger partial charge on any atom is 0.339 e. The number of aromatic nitrogens is 1. The van der Waals surface area contributed by atoms with E-state index in [1.54, 1.807) is 12.3 Å². The summed E-state index contributed by atoms with van der Waals surface area (Å²) in [4.78, 5) is 17.6. The SMILES string of the molecule is CCC1CCN(c2ncc(Br)cc2C(=O)O)CC1. The molecule has 1 saturated heterocycles. The second kappa shape index (κ2) is 5.69. The number of halogens is 1. The van der Waals surface area contributed by atoms with Crippen LogP contribution in [0.2, 0.25) is 0 Å². The number of pyridine rings is 1. The largest absolute Gasteiger partial charge is 0.478 e. The fraction of sp³-hybridized carbons (Fsp3) is 0.538. The van der Waals surface area contributed by atoms with E-state index in [9.17, 15) is 9.90 Å². The molecule has 4 nitrogen and oxygen atoms in total. The second-order valence-electron chi connectivity index (χ2n) is 4.67. The number of aromatic carboxylic acids is 1. The molecule has 1 aromatic rings. The van der Waals surface area contributed by atoms with Gasteiger partial charge in [0.2, 0.25) is 0 Å². The van der Waals surface area contributed by atoms with Gasteiger partial charge in [0.1, 0.15) is 11.4 Å². The van der Waals surface area contributed by atoms with Crippen LogP contribution in [0.3, 0.4) is 0 Å². The number of carboxylic acids is 1. The molecule has 5 heteroatoms. The van der Waals surface area contributed by atoms with Crippen molar-refractivity contribution in [1.82, 2.24) is 4.98 Å². The fourth-order valence-electron chi connectivity index (χ4n) is 2.39. The van der Waals surface area contributed by atoms with Crippen molar-refractivity contribution in [2.75, 3.05) is 18.0 Å². The van der Waals surface area contributed by atoms with Crippen LogP contribution in [0, 0.1) is 5.92 Å². The summed E-state index contributed by atoms with van der Waals surface area (Å²) < 4.78 is 0.701. The number of anilines is 1. The van der Waals surface area contributed by atoms with Crippen LogP contribution in [0.25, 0.3) is 0 Å². The van der Waals surface area contributed by atoms with E-state index in [1.807, 2.05) is 0 Å². The Bertz CT molecular complexity index is 443. The van der Waals surface area contributed by atoms with Crippen molar-refractivity contribution in [2.45, 2.75) is 26.2 Å². The molecule has 1 aliphatic heterocycles. The van der Waals surface area contributed by atoms with Gasteiger partial charge in [0.05, 0.1) is 0 Å². The minimum Gasteiger partial charge on any atom is -0.478 e. The van der Waals surface area contributed by atoms with E-state index in [-0.39, 0.29) is 5.56 Å². The Kier molecular flexibility index (Phi) is 4.22. The summed E-state index contributed by atoms with van der Waals surface area (Å²) >= 11 is 3.27. The van der Waals surface area contributed by atoms with Crippen LogP contribution in [0.1, 0.15) is 36.5 Å². The standard InChI is InChI=1S/C13H17BrN2O2/c1-2-9-3-5-16(6-4-9)12-11(13(17)18)7-10(14)8-15-12/h7-9H,2-6H2,1H3,(H,17,18). The van der Waals surface area contributed by atoms with Crippen LogP contribution in [-0.2, 0) is 0 Å². The van der Waals surface area contributed by atoms with E-state index >= 15 is 0 Å². The van der Waals surface area contributed by atoms with Crippen molar-refractivity contribution in [3.8, 4) is 0 Å². The average molecular weight is 313 g/mol. The summed E-state index contributed by atoms with van der Waals surface area (Å²) in [5, 5.41) is 9.23. The molecular weight excluding hydrogens is 296 g/mol. The first-order chi connectivity index (χ1) is 8.61. The summed E-state index contributed by atoms with van der Waals surface area (Å²) in [6, 6.07) is 1.62. The van der Waals surface area contributed by atoms with E-state index in [1.165, 1.54) is 6.42 Å². The molecule has 0 bridgehead atoms. The number of hydrogen-bond acceptors (Lipinski definition) is 3. The molecule has 18 heavy (non-hydrogen) atoms. The van der Waals surface area contributed by atoms with Gasteiger partial charge >= 0.3 is 5.97 Å². The first kappa shape index (κ1) is 13.3. The zero-order valence-corrected chi connectivity index (χ0v) is 12.0. The van der Waals surface area contributed by atoms with Crippen molar-refractivity contribution in [3.63, 3.8) is 0 Å². The molecule has 1 aromatic heterocycles. The van der Waals surface area contributed by atoms with Gasteiger partial charge in [0, 0.05) is 23.8 Å². The Balaban J connectivity index is 2.21. The van der Waals surface area contributed by atoms with Gasteiger partial charge in [-0.1, -0.05) is 13.3 Å². The lowest BCUT2D eigenvalue weighted by Gasteiger charge is -2.33. The predicted molar refractivity (Wildman–Crippen MR) is 74.1 cm³/mol. The highest BCUT2D eigenvalue weighted by molar-refractivity contribution is 9.10. The van der Waals surface area contributed by atoms with E-state index in [0.717, 1.165) is 31.8 Å². The minimum atomic E-state index is -0.920. The number of nitrogens with zero attached hydrogens (tertiary/aromatic N) is 2. The van der Waals surface area contributed by atoms with Crippen LogP contribution >= 0.6 is 15.9 Å². The zero-order valence-electron chi connectivity index (χ0n) is 10.4. The Morgan fingerprint density at radius 3 is 2.78 bits per heavy atom. The molecule has 2 rings (SSSR count). The first-order valence-corrected chi connectivity index (χ1v) is 7.05. The summed E-state index contributed by atoms with van der Waals surface area (Å²) in [6.07, 6.45) is 5.10. The molecule has 0 aliphatic carbocycles. The van der Waals surface area contributed by atoms with Crippen molar-refractivity contribution in [3.05, 3.63) is 22.3 Å². The highest BCUT2D eigenvalue weighted by Gasteiger charge is 2.23. The number of piperidine rings is 1. The number of carbonyl (C=O) groups is 1. The molecule has 1 N–H and O–H groups in total. The van der Waals surface area contributed by atoms with E-state index in [0.29, 0.717) is 10.3 Å². The number of carboxylic acid groups (broad SMARTS) is 1. The fourth-order valence-corrected chi connectivity index (χ4v) is 2.73. The van der Waals surface area contributed by atoms with Gasteiger partial charge in [-0.05, 0) is 40.8 Å². The maximum absolute atomic E-state index is 11.2. The van der Waals surface area contributed by atoms with Gasteiger partial charge in [-0.15, -0.1) is 0 Å². The normalized spacial score (nSPS) is 16.9. The average Bonchev–Trinajstić information content (AvgIpc) is 2.39. The van der Waals surface area contributed by atoms with Crippen LogP contribution in [0.15, 0.2) is 16.7 Å². The van der Waals surface area contributed by atoms with Gasteiger partial charge in [-0.2, -0.15) is 0 Å². The Morgan fingerprint density at radius 1 is 1.56 bits per heavy atom. The van der Waals surface area contributed by atoms with Crippen molar-refractivity contribution in [1.29, 1.82) is 0 Å². The van der Waals surface area contributed by atoms with E-state index in [4.69, 9.17) is 0 Å². The molecule has 2 heterocycles. The van der Waals surface area contributed by atoms with Gasteiger partial charge in [-0.3, -0.25) is 0 Å². The lowest BCUT2D eigenvalue weighted by molar-refractivity contribution is 0.0697.